The Bertz CT molecular complexity index is 830. The largest absolute Gasteiger partial charge is 0.467 e. The Labute approximate surface area is 155 Å². The van der Waals surface area contributed by atoms with E-state index in [1.807, 2.05) is 36.0 Å². The van der Waals surface area contributed by atoms with Gasteiger partial charge in [0.1, 0.15) is 17.5 Å². The fourth-order valence-corrected chi connectivity index (χ4v) is 3.91. The number of amides is 2. The van der Waals surface area contributed by atoms with Gasteiger partial charge in [0.05, 0.1) is 19.3 Å². The van der Waals surface area contributed by atoms with Crippen LogP contribution in [0.1, 0.15) is 22.3 Å². The van der Waals surface area contributed by atoms with Gasteiger partial charge < -0.3 is 19.1 Å². The zero-order valence-corrected chi connectivity index (χ0v) is 15.7. The Hall–Kier alpha value is -2.68. The summed E-state index contributed by atoms with van der Waals surface area (Å²) in [6.45, 7) is 1.87. The summed E-state index contributed by atoms with van der Waals surface area (Å²) in [4.78, 5) is 45.1. The topological polar surface area (TPSA) is 84.7 Å². The summed E-state index contributed by atoms with van der Waals surface area (Å²) in [6.07, 6.45) is 4.27. The van der Waals surface area contributed by atoms with Crippen molar-refractivity contribution in [2.24, 2.45) is 0 Å². The Kier molecular flexibility index (Phi) is 5.08. The lowest BCUT2D eigenvalue weighted by Crippen LogP contribution is -2.59. The number of thiazole rings is 1. The van der Waals surface area contributed by atoms with E-state index in [2.05, 4.69) is 4.98 Å². The molecule has 26 heavy (non-hydrogen) atoms. The van der Waals surface area contributed by atoms with Gasteiger partial charge in [-0.2, -0.15) is 0 Å². The number of carbonyl (C=O) groups is 3. The molecule has 2 amide bonds. The molecule has 0 bridgehead atoms. The molecular weight excluding hydrogens is 356 g/mol. The van der Waals surface area contributed by atoms with E-state index in [0.29, 0.717) is 22.1 Å². The molecule has 2 aromatic heterocycles. The maximum Gasteiger partial charge on any atom is 0.330 e. The fraction of sp³-hybridized carbons (Fsp3) is 0.412. The normalized spacial score (nSPS) is 17.5. The number of rotatable bonds is 4. The second-order valence-corrected chi connectivity index (χ2v) is 6.94. The first-order valence-corrected chi connectivity index (χ1v) is 9.03. The molecule has 0 aliphatic carbocycles. The van der Waals surface area contributed by atoms with E-state index >= 15 is 0 Å². The highest BCUT2D eigenvalue weighted by molar-refractivity contribution is 7.16. The van der Waals surface area contributed by atoms with E-state index < -0.39 is 12.0 Å². The zero-order valence-electron chi connectivity index (χ0n) is 14.8. The van der Waals surface area contributed by atoms with Gasteiger partial charge >= 0.3 is 5.97 Å². The molecule has 1 atom stereocenters. The van der Waals surface area contributed by atoms with E-state index in [9.17, 15) is 14.4 Å². The van der Waals surface area contributed by atoms with Crippen molar-refractivity contribution < 1.29 is 19.1 Å². The molecular formula is C17H20N4O4S. The van der Waals surface area contributed by atoms with Gasteiger partial charge in [-0.25, -0.2) is 9.78 Å². The van der Waals surface area contributed by atoms with Crippen LogP contribution in [0.15, 0.2) is 24.5 Å². The standard InChI is InChI=1S/C17H20N4O4S/c1-4-11-14(26-17(18-11)20-7-5-6-8-20)15(23)21-10-13(22)19(2)9-12(21)16(24)25-3/h5-8,12H,4,9-10H2,1-3H3. The number of hydrogen-bond acceptors (Lipinski definition) is 6. The van der Waals surface area contributed by atoms with E-state index in [1.54, 1.807) is 7.05 Å². The Morgan fingerprint density at radius 2 is 2.04 bits per heavy atom. The molecule has 1 unspecified atom stereocenters. The summed E-state index contributed by atoms with van der Waals surface area (Å²) in [7, 11) is 2.88. The van der Waals surface area contributed by atoms with Crippen LogP contribution in [-0.4, -0.2) is 70.4 Å². The third-order valence-corrected chi connectivity index (χ3v) is 5.43. The van der Waals surface area contributed by atoms with Crippen molar-refractivity contribution in [3.63, 3.8) is 0 Å². The molecule has 0 saturated carbocycles. The predicted molar refractivity (Wildman–Crippen MR) is 95.3 cm³/mol. The lowest BCUT2D eigenvalue weighted by Gasteiger charge is -2.37. The minimum Gasteiger partial charge on any atom is -0.467 e. The first kappa shape index (κ1) is 18.1. The molecule has 1 aliphatic rings. The van der Waals surface area contributed by atoms with Crippen molar-refractivity contribution >= 4 is 29.1 Å². The van der Waals surface area contributed by atoms with E-state index in [0.717, 1.165) is 0 Å². The third kappa shape index (κ3) is 3.22. The quantitative estimate of drug-likeness (QED) is 0.742. The van der Waals surface area contributed by atoms with Crippen molar-refractivity contribution in [2.75, 3.05) is 27.2 Å². The predicted octanol–water partition coefficient (Wildman–Crippen LogP) is 0.952. The summed E-state index contributed by atoms with van der Waals surface area (Å²) >= 11 is 1.25. The summed E-state index contributed by atoms with van der Waals surface area (Å²) in [5.41, 5.74) is 0.652. The fourth-order valence-electron chi connectivity index (χ4n) is 2.84. The summed E-state index contributed by atoms with van der Waals surface area (Å²) in [6, 6.07) is 2.93. The number of esters is 1. The number of methoxy groups -OCH3 is 1. The zero-order chi connectivity index (χ0) is 18.8. The molecule has 9 heteroatoms. The van der Waals surface area contributed by atoms with Crippen molar-refractivity contribution in [2.45, 2.75) is 19.4 Å². The average molecular weight is 376 g/mol. The summed E-state index contributed by atoms with van der Waals surface area (Å²) < 4.78 is 6.65. The SMILES string of the molecule is CCc1nc(-n2cccc2)sc1C(=O)N1CC(=O)N(C)CC1C(=O)OC. The lowest BCUT2D eigenvalue weighted by molar-refractivity contribution is -0.151. The summed E-state index contributed by atoms with van der Waals surface area (Å²) in [5.74, 6) is -1.12. The van der Waals surface area contributed by atoms with Crippen LogP contribution in [0, 0.1) is 0 Å². The lowest BCUT2D eigenvalue weighted by atomic mass is 10.1. The highest BCUT2D eigenvalue weighted by atomic mass is 32.1. The number of carbonyl (C=O) groups excluding carboxylic acids is 3. The Morgan fingerprint density at radius 1 is 1.35 bits per heavy atom. The molecule has 0 aromatic carbocycles. The Balaban J connectivity index is 1.96. The molecule has 0 spiro atoms. The van der Waals surface area contributed by atoms with Crippen LogP contribution in [-0.2, 0) is 20.7 Å². The van der Waals surface area contributed by atoms with E-state index in [1.165, 1.54) is 28.2 Å². The van der Waals surface area contributed by atoms with Crippen LogP contribution >= 0.6 is 11.3 Å². The highest BCUT2D eigenvalue weighted by Crippen LogP contribution is 2.26. The first-order chi connectivity index (χ1) is 12.5. The van der Waals surface area contributed by atoms with Crippen LogP contribution in [0.25, 0.3) is 5.13 Å². The molecule has 1 saturated heterocycles. The number of aromatic nitrogens is 2. The van der Waals surface area contributed by atoms with Gasteiger partial charge in [0.2, 0.25) is 5.91 Å². The van der Waals surface area contributed by atoms with Gasteiger partial charge in [-0.15, -0.1) is 0 Å². The molecule has 1 fully saturated rings. The van der Waals surface area contributed by atoms with Gasteiger partial charge in [-0.3, -0.25) is 9.59 Å². The third-order valence-electron chi connectivity index (χ3n) is 4.33. The molecule has 3 heterocycles. The Morgan fingerprint density at radius 3 is 2.65 bits per heavy atom. The monoisotopic (exact) mass is 376 g/mol. The number of likely N-dealkylation sites (N-methyl/N-ethyl adjacent to an activating group) is 1. The number of aryl methyl sites for hydroxylation is 1. The minimum atomic E-state index is -0.822. The molecule has 138 valence electrons. The summed E-state index contributed by atoms with van der Waals surface area (Å²) in [5, 5.41) is 0.672. The number of hydrogen-bond donors (Lipinski definition) is 0. The number of ether oxygens (including phenoxy) is 1. The van der Waals surface area contributed by atoms with Gasteiger partial charge in [0, 0.05) is 19.4 Å². The van der Waals surface area contributed by atoms with Crippen LogP contribution < -0.4 is 0 Å². The molecule has 2 aromatic rings. The van der Waals surface area contributed by atoms with E-state index in [4.69, 9.17) is 4.74 Å². The van der Waals surface area contributed by atoms with Crippen molar-refractivity contribution in [3.05, 3.63) is 35.1 Å². The van der Waals surface area contributed by atoms with Gasteiger partial charge in [-0.1, -0.05) is 18.3 Å². The van der Waals surface area contributed by atoms with E-state index in [-0.39, 0.29) is 24.9 Å². The van der Waals surface area contributed by atoms with Gasteiger partial charge in [-0.05, 0) is 18.6 Å². The van der Waals surface area contributed by atoms with Crippen LogP contribution in [0.5, 0.6) is 0 Å². The average Bonchev–Trinajstić information content (AvgIpc) is 3.31. The molecule has 3 rings (SSSR count). The van der Waals surface area contributed by atoms with Crippen molar-refractivity contribution in [1.29, 1.82) is 0 Å². The number of nitrogens with zero attached hydrogens (tertiary/aromatic N) is 4. The molecule has 0 N–H and O–H groups in total. The molecule has 8 nitrogen and oxygen atoms in total. The smallest absolute Gasteiger partial charge is 0.330 e. The first-order valence-electron chi connectivity index (χ1n) is 8.22. The maximum atomic E-state index is 13.2. The molecule has 1 aliphatic heterocycles. The second-order valence-electron chi connectivity index (χ2n) is 5.96. The minimum absolute atomic E-state index is 0.113. The van der Waals surface area contributed by atoms with Crippen LogP contribution in [0.3, 0.4) is 0 Å². The van der Waals surface area contributed by atoms with Crippen molar-refractivity contribution in [3.8, 4) is 5.13 Å². The van der Waals surface area contributed by atoms with Gasteiger partial charge in [0.25, 0.3) is 5.91 Å². The van der Waals surface area contributed by atoms with Gasteiger partial charge in [0.15, 0.2) is 5.13 Å². The van der Waals surface area contributed by atoms with Crippen molar-refractivity contribution in [1.82, 2.24) is 19.4 Å². The molecule has 0 radical (unpaired) electrons. The maximum absolute atomic E-state index is 13.2. The van der Waals surface area contributed by atoms with Crippen LogP contribution in [0.2, 0.25) is 0 Å². The van der Waals surface area contributed by atoms with Crippen LogP contribution in [0.4, 0.5) is 0 Å². The number of piperazine rings is 1. The second kappa shape index (κ2) is 7.28. The highest BCUT2D eigenvalue weighted by Gasteiger charge is 2.40.